The van der Waals surface area contributed by atoms with Crippen molar-refractivity contribution in [1.29, 1.82) is 0 Å². The fourth-order valence-corrected chi connectivity index (χ4v) is 4.10. The zero-order valence-electron chi connectivity index (χ0n) is 15.4. The number of halogens is 2. The minimum absolute atomic E-state index is 0.0737. The lowest BCUT2D eigenvalue weighted by molar-refractivity contribution is -0.115. The normalized spacial score (nSPS) is 11.6. The number of anilines is 1. The van der Waals surface area contributed by atoms with E-state index in [1.165, 1.54) is 47.4 Å². The zero-order chi connectivity index (χ0) is 20.1. The molecule has 0 fully saturated rings. The van der Waals surface area contributed by atoms with Crippen LogP contribution in [0.4, 0.5) is 13.9 Å². The van der Waals surface area contributed by atoms with Crippen LogP contribution in [0, 0.1) is 0 Å². The van der Waals surface area contributed by atoms with Gasteiger partial charge in [0.1, 0.15) is 5.76 Å². The summed E-state index contributed by atoms with van der Waals surface area (Å²) in [5, 5.41) is 3.23. The number of amides is 1. The van der Waals surface area contributed by atoms with Gasteiger partial charge in [0.2, 0.25) is 11.8 Å². The summed E-state index contributed by atoms with van der Waals surface area (Å²) in [5.41, 5.74) is 0.586. The van der Waals surface area contributed by atoms with Crippen molar-refractivity contribution >= 4 is 34.1 Å². The first-order valence-corrected chi connectivity index (χ1v) is 10.4. The van der Waals surface area contributed by atoms with Crippen molar-refractivity contribution in [2.24, 2.45) is 0 Å². The Bertz CT molecular complexity index is 933. The van der Waals surface area contributed by atoms with E-state index >= 15 is 0 Å². The number of carbonyl (C=O) groups is 1. The Balaban J connectivity index is 1.50. The minimum atomic E-state index is -2.89. The van der Waals surface area contributed by atoms with Crippen LogP contribution >= 0.6 is 23.1 Å². The summed E-state index contributed by atoms with van der Waals surface area (Å²) in [6.45, 7) is 2.85. The molecule has 9 heteroatoms. The van der Waals surface area contributed by atoms with Gasteiger partial charge in [-0.2, -0.15) is 0 Å². The SMILES string of the molecule is CCc1cnc(CSc2cnc(NC(=O)Cc3ccc(C(C)(F)F)cc3)s2)o1. The number of alkyl halides is 2. The van der Waals surface area contributed by atoms with Crippen LogP contribution in [0.2, 0.25) is 0 Å². The van der Waals surface area contributed by atoms with Crippen molar-refractivity contribution in [3.05, 3.63) is 59.4 Å². The number of nitrogens with one attached hydrogen (secondary N) is 1. The van der Waals surface area contributed by atoms with Crippen LogP contribution in [0.5, 0.6) is 0 Å². The van der Waals surface area contributed by atoms with Gasteiger partial charge in [0, 0.05) is 18.9 Å². The molecule has 2 aromatic heterocycles. The van der Waals surface area contributed by atoms with Crippen molar-refractivity contribution in [1.82, 2.24) is 9.97 Å². The van der Waals surface area contributed by atoms with Crippen LogP contribution in [0.1, 0.15) is 36.6 Å². The molecule has 3 rings (SSSR count). The highest BCUT2D eigenvalue weighted by Crippen LogP contribution is 2.31. The van der Waals surface area contributed by atoms with Gasteiger partial charge in [0.05, 0.1) is 28.8 Å². The van der Waals surface area contributed by atoms with Gasteiger partial charge < -0.3 is 9.73 Å². The highest BCUT2D eigenvalue weighted by Gasteiger charge is 2.23. The van der Waals surface area contributed by atoms with Crippen molar-refractivity contribution in [3.8, 4) is 0 Å². The summed E-state index contributed by atoms with van der Waals surface area (Å²) in [4.78, 5) is 20.6. The Morgan fingerprint density at radius 3 is 2.64 bits per heavy atom. The molecule has 5 nitrogen and oxygen atoms in total. The molecule has 0 unspecified atom stereocenters. The molecule has 0 aliphatic rings. The van der Waals surface area contributed by atoms with E-state index < -0.39 is 5.92 Å². The molecule has 0 aliphatic carbocycles. The molecule has 0 bridgehead atoms. The van der Waals surface area contributed by atoms with E-state index in [1.807, 2.05) is 6.92 Å². The van der Waals surface area contributed by atoms with Crippen molar-refractivity contribution in [3.63, 3.8) is 0 Å². The van der Waals surface area contributed by atoms with Crippen molar-refractivity contribution in [2.45, 2.75) is 42.6 Å². The van der Waals surface area contributed by atoms with E-state index in [4.69, 9.17) is 4.42 Å². The van der Waals surface area contributed by atoms with Crippen LogP contribution in [-0.2, 0) is 29.3 Å². The average molecular weight is 424 g/mol. The van der Waals surface area contributed by atoms with E-state index in [2.05, 4.69) is 15.3 Å². The first-order chi connectivity index (χ1) is 13.3. The number of rotatable bonds is 8. The number of nitrogens with zero attached hydrogens (tertiary/aromatic N) is 2. The Morgan fingerprint density at radius 1 is 1.25 bits per heavy atom. The van der Waals surface area contributed by atoms with Crippen molar-refractivity contribution in [2.75, 3.05) is 5.32 Å². The van der Waals surface area contributed by atoms with Crippen LogP contribution in [0.25, 0.3) is 0 Å². The molecule has 0 radical (unpaired) electrons. The number of hydrogen-bond donors (Lipinski definition) is 1. The number of thioether (sulfide) groups is 1. The predicted molar refractivity (Wildman–Crippen MR) is 106 cm³/mol. The Labute approximate surface area is 169 Å². The number of benzene rings is 1. The van der Waals surface area contributed by atoms with E-state index in [1.54, 1.807) is 12.4 Å². The number of aromatic nitrogens is 2. The molecule has 148 valence electrons. The molecular weight excluding hydrogens is 404 g/mol. The average Bonchev–Trinajstić information content (AvgIpc) is 3.28. The van der Waals surface area contributed by atoms with Gasteiger partial charge in [-0.3, -0.25) is 4.79 Å². The molecule has 1 aromatic carbocycles. The fraction of sp³-hybridized carbons (Fsp3) is 0.316. The third-order valence-electron chi connectivity index (χ3n) is 3.84. The number of oxazole rings is 1. The van der Waals surface area contributed by atoms with Gasteiger partial charge in [0.15, 0.2) is 5.13 Å². The third-order valence-corrected chi connectivity index (χ3v) is 5.94. The molecule has 3 aromatic rings. The number of aryl methyl sites for hydroxylation is 1. The van der Waals surface area contributed by atoms with E-state index in [-0.39, 0.29) is 17.9 Å². The van der Waals surface area contributed by atoms with E-state index in [0.29, 0.717) is 22.3 Å². The summed E-state index contributed by atoms with van der Waals surface area (Å²) in [6.07, 6.45) is 4.31. The maximum Gasteiger partial charge on any atom is 0.270 e. The molecular formula is C19H19F2N3O2S2. The molecule has 2 heterocycles. The number of hydrogen-bond acceptors (Lipinski definition) is 6. The summed E-state index contributed by atoms with van der Waals surface area (Å²) >= 11 is 2.89. The summed E-state index contributed by atoms with van der Waals surface area (Å²) in [6, 6.07) is 5.76. The third kappa shape index (κ3) is 5.62. The monoisotopic (exact) mass is 423 g/mol. The topological polar surface area (TPSA) is 68.0 Å². The van der Waals surface area contributed by atoms with Gasteiger partial charge in [-0.05, 0) is 5.56 Å². The molecule has 0 atom stereocenters. The maximum atomic E-state index is 13.2. The second kappa shape index (κ2) is 8.83. The summed E-state index contributed by atoms with van der Waals surface area (Å²) in [5.74, 6) is -1.05. The highest BCUT2D eigenvalue weighted by molar-refractivity contribution is 8.00. The summed E-state index contributed by atoms with van der Waals surface area (Å²) in [7, 11) is 0. The second-order valence-corrected chi connectivity index (χ2v) is 8.46. The quantitative estimate of drug-likeness (QED) is 0.499. The lowest BCUT2D eigenvalue weighted by Gasteiger charge is -2.10. The van der Waals surface area contributed by atoms with Gasteiger partial charge in [-0.15, -0.1) is 11.8 Å². The van der Waals surface area contributed by atoms with Gasteiger partial charge >= 0.3 is 0 Å². The molecule has 0 saturated heterocycles. The van der Waals surface area contributed by atoms with Crippen LogP contribution in [0.3, 0.4) is 0 Å². The van der Waals surface area contributed by atoms with E-state index in [9.17, 15) is 13.6 Å². The lowest BCUT2D eigenvalue weighted by atomic mass is 10.1. The molecule has 0 aliphatic heterocycles. The van der Waals surface area contributed by atoms with Crippen LogP contribution in [0.15, 0.2) is 45.3 Å². The molecule has 0 saturated carbocycles. The van der Waals surface area contributed by atoms with E-state index in [0.717, 1.165) is 23.3 Å². The number of thiazole rings is 1. The molecule has 1 N–H and O–H groups in total. The molecule has 0 spiro atoms. The second-order valence-electron chi connectivity index (χ2n) is 6.16. The fourth-order valence-electron chi connectivity index (χ4n) is 2.36. The van der Waals surface area contributed by atoms with Gasteiger partial charge in [0.25, 0.3) is 5.92 Å². The Kier molecular flexibility index (Phi) is 6.46. The summed E-state index contributed by atoms with van der Waals surface area (Å²) < 4.78 is 33.0. The smallest absolute Gasteiger partial charge is 0.270 e. The van der Waals surface area contributed by atoms with Gasteiger partial charge in [-0.25, -0.2) is 18.7 Å². The van der Waals surface area contributed by atoms with Crippen LogP contribution < -0.4 is 5.32 Å². The van der Waals surface area contributed by atoms with Gasteiger partial charge in [-0.1, -0.05) is 42.5 Å². The van der Waals surface area contributed by atoms with Crippen LogP contribution in [-0.4, -0.2) is 15.9 Å². The standard InChI is InChI=1S/C19H19F2N3O2S2/c1-3-14-9-22-16(26-14)11-27-17-10-23-18(28-17)24-15(25)8-12-4-6-13(7-5-12)19(2,20)21/h4-7,9-10H,3,8,11H2,1-2H3,(H,23,24,25). The largest absolute Gasteiger partial charge is 0.445 e. The lowest BCUT2D eigenvalue weighted by Crippen LogP contribution is -2.14. The first kappa shape index (κ1) is 20.5. The Hall–Kier alpha value is -2.26. The van der Waals surface area contributed by atoms with Crippen molar-refractivity contribution < 1.29 is 18.0 Å². The number of carbonyl (C=O) groups excluding carboxylic acids is 1. The minimum Gasteiger partial charge on any atom is -0.445 e. The zero-order valence-corrected chi connectivity index (χ0v) is 17.0. The molecule has 28 heavy (non-hydrogen) atoms. The highest BCUT2D eigenvalue weighted by atomic mass is 32.2. The Morgan fingerprint density at radius 2 is 2.00 bits per heavy atom. The maximum absolute atomic E-state index is 13.2. The predicted octanol–water partition coefficient (Wildman–Crippen LogP) is 5.28. The molecule has 1 amide bonds. The first-order valence-electron chi connectivity index (χ1n) is 8.63.